The smallest absolute Gasteiger partial charge is 0.240 e. The maximum absolute atomic E-state index is 12.1. The molecular weight excluding hydrogens is 280 g/mol. The summed E-state index contributed by atoms with van der Waals surface area (Å²) in [5, 5.41) is 2.58. The van der Waals surface area contributed by atoms with Crippen molar-refractivity contribution in [3.05, 3.63) is 18.2 Å². The van der Waals surface area contributed by atoms with Crippen LogP contribution in [0.4, 0.5) is 5.69 Å². The predicted molar refractivity (Wildman–Crippen MR) is 77.4 cm³/mol. The molecule has 0 bridgehead atoms. The van der Waals surface area contributed by atoms with Gasteiger partial charge in [0.25, 0.3) is 0 Å². The summed E-state index contributed by atoms with van der Waals surface area (Å²) in [6, 6.07) is 4.17. The third kappa shape index (κ3) is 4.21. The van der Waals surface area contributed by atoms with Crippen LogP contribution in [0.3, 0.4) is 0 Å². The summed E-state index contributed by atoms with van der Waals surface area (Å²) in [5.74, 6) is 0.0452. The topological polar surface area (TPSA) is 84.5 Å². The van der Waals surface area contributed by atoms with E-state index in [4.69, 9.17) is 4.74 Å². The van der Waals surface area contributed by atoms with E-state index in [0.29, 0.717) is 17.9 Å². The van der Waals surface area contributed by atoms with E-state index in [-0.39, 0.29) is 16.8 Å². The van der Waals surface area contributed by atoms with Crippen LogP contribution >= 0.6 is 0 Å². The number of methoxy groups -OCH3 is 1. The van der Waals surface area contributed by atoms with Gasteiger partial charge in [0.15, 0.2) is 0 Å². The summed E-state index contributed by atoms with van der Waals surface area (Å²) in [5.41, 5.74) is 0.433. The van der Waals surface area contributed by atoms with Gasteiger partial charge in [-0.25, -0.2) is 13.1 Å². The van der Waals surface area contributed by atoms with Gasteiger partial charge in [0, 0.05) is 19.0 Å². The second-order valence-electron chi connectivity index (χ2n) is 4.47. The highest BCUT2D eigenvalue weighted by Gasteiger charge is 2.18. The molecule has 112 valence electrons. The second-order valence-corrected chi connectivity index (χ2v) is 6.19. The first-order valence-electron chi connectivity index (χ1n) is 6.28. The Morgan fingerprint density at radius 1 is 1.40 bits per heavy atom. The lowest BCUT2D eigenvalue weighted by atomic mass is 10.3. The molecule has 0 fully saturated rings. The zero-order valence-electron chi connectivity index (χ0n) is 12.1. The third-order valence-electron chi connectivity index (χ3n) is 2.76. The molecule has 0 aliphatic rings. The zero-order chi connectivity index (χ0) is 15.3. The third-order valence-corrected chi connectivity index (χ3v) is 4.35. The fourth-order valence-corrected chi connectivity index (χ4v) is 2.89. The lowest BCUT2D eigenvalue weighted by molar-refractivity contribution is -0.114. The largest absolute Gasteiger partial charge is 0.495 e. The fourth-order valence-electron chi connectivity index (χ4n) is 1.55. The van der Waals surface area contributed by atoms with Crippen LogP contribution in [-0.2, 0) is 14.8 Å². The first kappa shape index (κ1) is 16.5. The van der Waals surface area contributed by atoms with E-state index in [1.165, 1.54) is 32.2 Å². The molecule has 0 radical (unpaired) electrons. The Morgan fingerprint density at radius 3 is 2.55 bits per heavy atom. The number of hydrogen-bond acceptors (Lipinski definition) is 4. The minimum atomic E-state index is -3.59. The van der Waals surface area contributed by atoms with Gasteiger partial charge in [0.05, 0.1) is 17.7 Å². The average Bonchev–Trinajstić information content (AvgIpc) is 2.37. The van der Waals surface area contributed by atoms with Crippen molar-refractivity contribution in [2.45, 2.75) is 38.1 Å². The van der Waals surface area contributed by atoms with Gasteiger partial charge in [-0.3, -0.25) is 4.79 Å². The Kier molecular flexibility index (Phi) is 5.52. The van der Waals surface area contributed by atoms with Gasteiger partial charge >= 0.3 is 0 Å². The van der Waals surface area contributed by atoms with Crippen LogP contribution in [0, 0.1) is 0 Å². The number of nitrogens with one attached hydrogen (secondary N) is 2. The molecule has 0 heterocycles. The van der Waals surface area contributed by atoms with Gasteiger partial charge in [0.1, 0.15) is 5.75 Å². The minimum absolute atomic E-state index is 0.101. The van der Waals surface area contributed by atoms with Gasteiger partial charge in [-0.2, -0.15) is 0 Å². The minimum Gasteiger partial charge on any atom is -0.495 e. The van der Waals surface area contributed by atoms with Crippen LogP contribution in [0.25, 0.3) is 0 Å². The molecule has 1 amide bonds. The van der Waals surface area contributed by atoms with Crippen LogP contribution < -0.4 is 14.8 Å². The molecule has 0 aliphatic carbocycles. The number of carbonyl (C=O) groups is 1. The zero-order valence-corrected chi connectivity index (χ0v) is 12.9. The Bertz CT molecular complexity index is 584. The second kappa shape index (κ2) is 6.71. The number of anilines is 1. The van der Waals surface area contributed by atoms with E-state index in [9.17, 15) is 13.2 Å². The molecule has 1 atom stereocenters. The standard InChI is InChI=1S/C13H20N2O4S/c1-5-9(2)15-20(17,18)11-6-7-12(14-10(3)16)13(8-11)19-4/h6-9,15H,5H2,1-4H3,(H,14,16). The summed E-state index contributed by atoms with van der Waals surface area (Å²) < 4.78 is 32.0. The van der Waals surface area contributed by atoms with Crippen molar-refractivity contribution >= 4 is 21.6 Å². The summed E-state index contributed by atoms with van der Waals surface area (Å²) >= 11 is 0. The molecule has 1 aromatic carbocycles. The van der Waals surface area contributed by atoms with Crippen molar-refractivity contribution in [1.82, 2.24) is 4.72 Å². The molecule has 2 N–H and O–H groups in total. The Labute approximate surface area is 119 Å². The summed E-state index contributed by atoms with van der Waals surface area (Å²) in [7, 11) is -2.18. The molecule has 7 heteroatoms. The van der Waals surface area contributed by atoms with E-state index < -0.39 is 10.0 Å². The first-order valence-corrected chi connectivity index (χ1v) is 7.76. The molecular formula is C13H20N2O4S. The summed E-state index contributed by atoms with van der Waals surface area (Å²) in [6.45, 7) is 5.06. The maximum atomic E-state index is 12.1. The molecule has 0 saturated heterocycles. The highest BCUT2D eigenvalue weighted by Crippen LogP contribution is 2.27. The van der Waals surface area contributed by atoms with Crippen LogP contribution in [0.15, 0.2) is 23.1 Å². The van der Waals surface area contributed by atoms with Crippen LogP contribution in [0.2, 0.25) is 0 Å². The molecule has 0 aromatic heterocycles. The molecule has 1 unspecified atom stereocenters. The number of sulfonamides is 1. The van der Waals surface area contributed by atoms with E-state index in [1.807, 2.05) is 6.92 Å². The summed E-state index contributed by atoms with van der Waals surface area (Å²) in [6.07, 6.45) is 0.695. The van der Waals surface area contributed by atoms with Crippen molar-refractivity contribution in [3.63, 3.8) is 0 Å². The fraction of sp³-hybridized carbons (Fsp3) is 0.462. The molecule has 20 heavy (non-hydrogen) atoms. The van der Waals surface area contributed by atoms with E-state index in [0.717, 1.165) is 0 Å². The molecule has 0 spiro atoms. The number of carbonyl (C=O) groups excluding carboxylic acids is 1. The number of rotatable bonds is 6. The van der Waals surface area contributed by atoms with Crippen molar-refractivity contribution in [2.75, 3.05) is 12.4 Å². The van der Waals surface area contributed by atoms with E-state index in [1.54, 1.807) is 6.92 Å². The first-order chi connectivity index (χ1) is 9.30. The van der Waals surface area contributed by atoms with E-state index in [2.05, 4.69) is 10.0 Å². The SMILES string of the molecule is CCC(C)NS(=O)(=O)c1ccc(NC(C)=O)c(OC)c1. The number of hydrogen-bond donors (Lipinski definition) is 2. The average molecular weight is 300 g/mol. The normalized spacial score (nSPS) is 12.8. The van der Waals surface area contributed by atoms with Gasteiger partial charge < -0.3 is 10.1 Å². The van der Waals surface area contributed by atoms with Crippen LogP contribution in [-0.4, -0.2) is 27.5 Å². The van der Waals surface area contributed by atoms with Crippen molar-refractivity contribution < 1.29 is 17.9 Å². The Balaban J connectivity index is 3.12. The predicted octanol–water partition coefficient (Wildman–Crippen LogP) is 1.73. The number of amides is 1. The van der Waals surface area contributed by atoms with Crippen LogP contribution in [0.5, 0.6) is 5.75 Å². The van der Waals surface area contributed by atoms with Crippen LogP contribution in [0.1, 0.15) is 27.2 Å². The van der Waals surface area contributed by atoms with E-state index >= 15 is 0 Å². The lowest BCUT2D eigenvalue weighted by Crippen LogP contribution is -2.32. The summed E-state index contributed by atoms with van der Waals surface area (Å²) in [4.78, 5) is 11.2. The molecule has 0 saturated carbocycles. The molecule has 0 aliphatic heterocycles. The van der Waals surface area contributed by atoms with Crippen molar-refractivity contribution in [2.24, 2.45) is 0 Å². The highest BCUT2D eigenvalue weighted by atomic mass is 32.2. The highest BCUT2D eigenvalue weighted by molar-refractivity contribution is 7.89. The molecule has 6 nitrogen and oxygen atoms in total. The van der Waals surface area contributed by atoms with Gasteiger partial charge in [0.2, 0.25) is 15.9 Å². The monoisotopic (exact) mass is 300 g/mol. The quantitative estimate of drug-likeness (QED) is 0.838. The number of benzene rings is 1. The molecule has 1 rings (SSSR count). The van der Waals surface area contributed by atoms with Gasteiger partial charge in [-0.1, -0.05) is 6.92 Å². The Hall–Kier alpha value is -1.60. The maximum Gasteiger partial charge on any atom is 0.240 e. The van der Waals surface area contributed by atoms with Gasteiger partial charge in [-0.15, -0.1) is 0 Å². The van der Waals surface area contributed by atoms with Crippen molar-refractivity contribution in [3.8, 4) is 5.75 Å². The lowest BCUT2D eigenvalue weighted by Gasteiger charge is -2.14. The van der Waals surface area contributed by atoms with Crippen molar-refractivity contribution in [1.29, 1.82) is 0 Å². The van der Waals surface area contributed by atoms with Gasteiger partial charge in [-0.05, 0) is 25.5 Å². The Morgan fingerprint density at radius 2 is 2.05 bits per heavy atom. The number of ether oxygens (including phenoxy) is 1. The molecule has 1 aromatic rings.